The molecule has 3 aromatic rings. The van der Waals surface area contributed by atoms with E-state index in [4.69, 9.17) is 5.84 Å². The zero-order chi connectivity index (χ0) is 27.2. The maximum atomic E-state index is 12.6. The van der Waals surface area contributed by atoms with E-state index in [9.17, 15) is 4.79 Å². The van der Waals surface area contributed by atoms with Crippen molar-refractivity contribution in [2.24, 2.45) is 21.2 Å². The average molecular weight is 536 g/mol. The van der Waals surface area contributed by atoms with Gasteiger partial charge in [0.25, 0.3) is 5.91 Å². The lowest BCUT2D eigenvalue weighted by Crippen LogP contribution is -2.28. The van der Waals surface area contributed by atoms with Crippen molar-refractivity contribution in [1.82, 2.24) is 5.32 Å². The smallest absolute Gasteiger partial charge is 0.261 e. The number of nitrogens with zero attached hydrogens (tertiary/aromatic N) is 3. The van der Waals surface area contributed by atoms with Crippen molar-refractivity contribution in [3.05, 3.63) is 75.0 Å². The maximum absolute atomic E-state index is 12.6. The summed E-state index contributed by atoms with van der Waals surface area (Å²) in [4.78, 5) is 15.7. The number of nitrogens with two attached hydrogens (primary N) is 1. The molecule has 0 saturated heterocycles. The number of amidine groups is 1. The van der Waals surface area contributed by atoms with Gasteiger partial charge in [0.1, 0.15) is 0 Å². The number of amides is 1. The van der Waals surface area contributed by atoms with Gasteiger partial charge in [0, 0.05) is 22.1 Å². The SMILES string of the molecule is CCC(Sc1cc(C)c(-c2ccc(C(C)(C)C)cc2)c(C)c1)c1ccc(C(=O)NCC(N=NC)=NN)s1. The highest BCUT2D eigenvalue weighted by Crippen LogP contribution is 2.42. The summed E-state index contributed by atoms with van der Waals surface area (Å²) < 4.78 is 0. The van der Waals surface area contributed by atoms with Gasteiger partial charge in [0.2, 0.25) is 0 Å². The third-order valence-electron chi connectivity index (χ3n) is 6.13. The highest BCUT2D eigenvalue weighted by atomic mass is 32.2. The Bertz CT molecular complexity index is 1260. The number of rotatable bonds is 8. The molecule has 1 heterocycles. The van der Waals surface area contributed by atoms with E-state index < -0.39 is 0 Å². The Morgan fingerprint density at radius 2 is 1.73 bits per heavy atom. The Morgan fingerprint density at radius 3 is 2.27 bits per heavy atom. The minimum Gasteiger partial charge on any atom is -0.344 e. The largest absolute Gasteiger partial charge is 0.344 e. The highest BCUT2D eigenvalue weighted by molar-refractivity contribution is 7.99. The van der Waals surface area contributed by atoms with Gasteiger partial charge in [-0.2, -0.15) is 10.2 Å². The third-order valence-corrected chi connectivity index (χ3v) is 8.86. The number of thioether (sulfide) groups is 1. The lowest BCUT2D eigenvalue weighted by molar-refractivity contribution is 0.0963. The number of aryl methyl sites for hydroxylation is 2. The number of thiophene rings is 1. The van der Waals surface area contributed by atoms with Crippen LogP contribution in [0.1, 0.15) is 70.6 Å². The van der Waals surface area contributed by atoms with Gasteiger partial charge in [-0.05, 0) is 77.8 Å². The number of hydrogen-bond donors (Lipinski definition) is 2. The zero-order valence-corrected chi connectivity index (χ0v) is 24.4. The molecule has 1 amide bonds. The van der Waals surface area contributed by atoms with Crippen LogP contribution in [-0.2, 0) is 5.41 Å². The number of azo groups is 1. The summed E-state index contributed by atoms with van der Waals surface area (Å²) >= 11 is 3.37. The van der Waals surface area contributed by atoms with E-state index in [0.717, 1.165) is 6.42 Å². The second-order valence-electron chi connectivity index (χ2n) is 10.0. The van der Waals surface area contributed by atoms with Crippen LogP contribution in [0.4, 0.5) is 0 Å². The van der Waals surface area contributed by atoms with Gasteiger partial charge in [0.05, 0.1) is 11.4 Å². The molecule has 3 N–H and O–H groups in total. The van der Waals surface area contributed by atoms with E-state index >= 15 is 0 Å². The van der Waals surface area contributed by atoms with E-state index in [-0.39, 0.29) is 29.0 Å². The molecule has 2 aromatic carbocycles. The Hall–Kier alpha value is -2.97. The minimum atomic E-state index is -0.169. The van der Waals surface area contributed by atoms with Crippen molar-refractivity contribution in [2.45, 2.75) is 63.5 Å². The van der Waals surface area contributed by atoms with Gasteiger partial charge in [-0.25, -0.2) is 0 Å². The molecule has 0 saturated carbocycles. The van der Waals surface area contributed by atoms with E-state index in [0.29, 0.717) is 4.88 Å². The number of carbonyl (C=O) groups excluding carboxylic acids is 1. The second-order valence-corrected chi connectivity index (χ2v) is 12.4. The van der Waals surface area contributed by atoms with Gasteiger partial charge in [-0.15, -0.1) is 28.2 Å². The second kappa shape index (κ2) is 12.5. The molecule has 37 heavy (non-hydrogen) atoms. The number of carbonyl (C=O) groups is 1. The molecule has 0 aliphatic heterocycles. The van der Waals surface area contributed by atoms with Crippen molar-refractivity contribution >= 4 is 34.8 Å². The Kier molecular flexibility index (Phi) is 9.68. The summed E-state index contributed by atoms with van der Waals surface area (Å²) in [6.45, 7) is 13.4. The van der Waals surface area contributed by atoms with Crippen molar-refractivity contribution in [2.75, 3.05) is 13.6 Å². The lowest BCUT2D eigenvalue weighted by Gasteiger charge is -2.20. The number of nitrogens with one attached hydrogen (secondary N) is 1. The van der Waals surface area contributed by atoms with Gasteiger partial charge in [-0.3, -0.25) is 4.79 Å². The Balaban J connectivity index is 1.75. The fraction of sp³-hybridized carbons (Fsp3) is 0.379. The van der Waals surface area contributed by atoms with Crippen LogP contribution >= 0.6 is 23.1 Å². The van der Waals surface area contributed by atoms with Crippen LogP contribution in [0.25, 0.3) is 11.1 Å². The quantitative estimate of drug-likeness (QED) is 0.0774. The molecule has 1 aromatic heterocycles. The molecule has 0 aliphatic rings. The summed E-state index contributed by atoms with van der Waals surface area (Å²) in [5, 5.41) is 14.0. The van der Waals surface area contributed by atoms with E-state index in [1.54, 1.807) is 0 Å². The minimum absolute atomic E-state index is 0.135. The number of hydrazone groups is 1. The summed E-state index contributed by atoms with van der Waals surface area (Å²) in [6.07, 6.45) is 0.960. The first-order chi connectivity index (χ1) is 17.6. The molecule has 0 aliphatic carbocycles. The first-order valence-corrected chi connectivity index (χ1v) is 14.1. The molecule has 0 bridgehead atoms. The Morgan fingerprint density at radius 1 is 1.08 bits per heavy atom. The normalized spacial score (nSPS) is 13.2. The average Bonchev–Trinajstić information content (AvgIpc) is 3.34. The first-order valence-electron chi connectivity index (χ1n) is 12.4. The number of benzene rings is 2. The van der Waals surface area contributed by atoms with Gasteiger partial charge >= 0.3 is 0 Å². The van der Waals surface area contributed by atoms with Gasteiger partial charge in [-0.1, -0.05) is 52.0 Å². The van der Waals surface area contributed by atoms with Crippen LogP contribution < -0.4 is 11.2 Å². The molecule has 0 fully saturated rings. The van der Waals surface area contributed by atoms with Crippen molar-refractivity contribution in [1.29, 1.82) is 0 Å². The van der Waals surface area contributed by atoms with Crippen molar-refractivity contribution in [3.8, 4) is 11.1 Å². The fourth-order valence-corrected chi connectivity index (χ4v) is 6.66. The predicted octanol–water partition coefficient (Wildman–Crippen LogP) is 7.66. The van der Waals surface area contributed by atoms with Crippen LogP contribution in [-0.4, -0.2) is 25.3 Å². The van der Waals surface area contributed by atoms with E-state index in [2.05, 4.69) is 105 Å². The summed E-state index contributed by atoms with van der Waals surface area (Å²) in [6, 6.07) is 17.5. The molecule has 0 radical (unpaired) electrons. The Labute approximate surface area is 228 Å². The standard InChI is InChI=1S/C29H37N5OS2/c1-8-23(24-13-14-25(37-24)28(35)32-17-26(33-30)34-31-7)36-22-15-18(2)27(19(3)16-22)20-9-11-21(12-10-20)29(4,5)6/h9-16,23H,8,17,30H2,1-7H3,(H,32,35). The monoisotopic (exact) mass is 535 g/mol. The van der Waals surface area contributed by atoms with Gasteiger partial charge in [0.15, 0.2) is 5.84 Å². The van der Waals surface area contributed by atoms with Crippen LogP contribution in [0.5, 0.6) is 0 Å². The van der Waals surface area contributed by atoms with E-state index in [1.165, 1.54) is 56.0 Å². The molecule has 3 rings (SSSR count). The maximum Gasteiger partial charge on any atom is 0.261 e. The summed E-state index contributed by atoms with van der Waals surface area (Å²) in [5.41, 5.74) is 6.58. The topological polar surface area (TPSA) is 92.2 Å². The lowest BCUT2D eigenvalue weighted by atomic mass is 9.85. The van der Waals surface area contributed by atoms with Crippen LogP contribution in [0, 0.1) is 13.8 Å². The van der Waals surface area contributed by atoms with Crippen LogP contribution in [0.3, 0.4) is 0 Å². The fourth-order valence-electron chi connectivity index (χ4n) is 4.21. The molecule has 0 spiro atoms. The molecular formula is C29H37N5OS2. The molecule has 6 nitrogen and oxygen atoms in total. The zero-order valence-electron chi connectivity index (χ0n) is 22.8. The summed E-state index contributed by atoms with van der Waals surface area (Å²) in [7, 11) is 1.53. The van der Waals surface area contributed by atoms with E-state index in [1.807, 2.05) is 17.8 Å². The third kappa shape index (κ3) is 7.29. The number of hydrogen-bond acceptors (Lipinski definition) is 6. The molecule has 1 atom stereocenters. The van der Waals surface area contributed by atoms with Crippen LogP contribution in [0.15, 0.2) is 68.8 Å². The van der Waals surface area contributed by atoms with Crippen LogP contribution in [0.2, 0.25) is 0 Å². The van der Waals surface area contributed by atoms with Crippen molar-refractivity contribution in [3.63, 3.8) is 0 Å². The van der Waals surface area contributed by atoms with Crippen molar-refractivity contribution < 1.29 is 4.79 Å². The molecule has 1 unspecified atom stereocenters. The van der Waals surface area contributed by atoms with Gasteiger partial charge < -0.3 is 11.2 Å². The molecular weight excluding hydrogens is 498 g/mol. The summed E-state index contributed by atoms with van der Waals surface area (Å²) in [5.74, 6) is 5.39. The first kappa shape index (κ1) is 28.6. The highest BCUT2D eigenvalue weighted by Gasteiger charge is 2.19. The molecule has 196 valence electrons. The molecule has 8 heteroatoms. The predicted molar refractivity (Wildman–Crippen MR) is 158 cm³/mol.